The molecule has 0 aliphatic heterocycles. The molecule has 0 fully saturated rings. The summed E-state index contributed by atoms with van der Waals surface area (Å²) in [7, 11) is 1.56. The lowest BCUT2D eigenvalue weighted by molar-refractivity contribution is 0.415. The molecule has 0 saturated carbocycles. The number of aromatic nitrogens is 4. The minimum absolute atomic E-state index is 0.139. The maximum Gasteiger partial charge on any atom is 0.253 e. The molecule has 2 heterocycles. The van der Waals surface area contributed by atoms with Gasteiger partial charge in [0.05, 0.1) is 23.8 Å². The van der Waals surface area contributed by atoms with Gasteiger partial charge in [-0.2, -0.15) is 4.98 Å². The van der Waals surface area contributed by atoms with E-state index in [0.29, 0.717) is 17.0 Å². The van der Waals surface area contributed by atoms with Crippen LogP contribution in [-0.4, -0.2) is 26.7 Å². The average molecular weight is 333 g/mol. The first-order chi connectivity index (χ1) is 11.6. The molecule has 0 spiro atoms. The molecular weight excluding hydrogens is 323 g/mol. The molecular formula is C15H10F3N5O. The van der Waals surface area contributed by atoms with Crippen molar-refractivity contribution in [3.63, 3.8) is 0 Å². The van der Waals surface area contributed by atoms with Crippen LogP contribution in [0.3, 0.4) is 0 Å². The SMILES string of the molecule is COc1ccc2c(c1)nc1nc(Nc3ccc(F)c(F)c3F)[nH]n12. The summed E-state index contributed by atoms with van der Waals surface area (Å²) >= 11 is 0. The van der Waals surface area contributed by atoms with Crippen molar-refractivity contribution >= 4 is 28.4 Å². The number of rotatable bonds is 3. The minimum atomic E-state index is -1.55. The van der Waals surface area contributed by atoms with Crippen LogP contribution in [0.4, 0.5) is 24.8 Å². The third-order valence-corrected chi connectivity index (χ3v) is 3.56. The normalized spacial score (nSPS) is 11.3. The van der Waals surface area contributed by atoms with E-state index in [0.717, 1.165) is 17.6 Å². The molecule has 24 heavy (non-hydrogen) atoms. The van der Waals surface area contributed by atoms with Crippen LogP contribution in [-0.2, 0) is 0 Å². The molecule has 2 N–H and O–H groups in total. The fourth-order valence-electron chi connectivity index (χ4n) is 2.40. The summed E-state index contributed by atoms with van der Waals surface area (Å²) in [6, 6.07) is 7.21. The average Bonchev–Trinajstić information content (AvgIpc) is 3.11. The highest BCUT2D eigenvalue weighted by Gasteiger charge is 2.16. The second kappa shape index (κ2) is 5.15. The lowest BCUT2D eigenvalue weighted by Crippen LogP contribution is -2.00. The van der Waals surface area contributed by atoms with E-state index in [-0.39, 0.29) is 11.6 Å². The zero-order chi connectivity index (χ0) is 16.8. The summed E-state index contributed by atoms with van der Waals surface area (Å²) in [4.78, 5) is 8.47. The Morgan fingerprint density at radius 1 is 1.08 bits per heavy atom. The smallest absolute Gasteiger partial charge is 0.253 e. The Morgan fingerprint density at radius 3 is 2.71 bits per heavy atom. The van der Waals surface area contributed by atoms with Crippen LogP contribution < -0.4 is 10.1 Å². The number of ether oxygens (including phenoxy) is 1. The Hall–Kier alpha value is -3.23. The fraction of sp³-hybridized carbons (Fsp3) is 0.0667. The van der Waals surface area contributed by atoms with Gasteiger partial charge in [0, 0.05) is 6.07 Å². The van der Waals surface area contributed by atoms with Crippen LogP contribution in [0.5, 0.6) is 5.75 Å². The minimum Gasteiger partial charge on any atom is -0.497 e. The Balaban J connectivity index is 1.75. The van der Waals surface area contributed by atoms with Gasteiger partial charge in [-0.05, 0) is 24.3 Å². The van der Waals surface area contributed by atoms with Gasteiger partial charge < -0.3 is 10.1 Å². The maximum atomic E-state index is 13.7. The van der Waals surface area contributed by atoms with Crippen molar-refractivity contribution in [2.75, 3.05) is 12.4 Å². The van der Waals surface area contributed by atoms with Crippen molar-refractivity contribution in [1.29, 1.82) is 0 Å². The molecule has 0 amide bonds. The zero-order valence-corrected chi connectivity index (χ0v) is 12.3. The Labute approximate surface area is 132 Å². The third-order valence-electron chi connectivity index (χ3n) is 3.56. The number of benzene rings is 2. The van der Waals surface area contributed by atoms with E-state index in [9.17, 15) is 13.2 Å². The number of aromatic amines is 1. The number of fused-ring (bicyclic) bond motifs is 3. The first-order valence-corrected chi connectivity index (χ1v) is 6.89. The summed E-state index contributed by atoms with van der Waals surface area (Å²) in [5, 5.41) is 5.44. The van der Waals surface area contributed by atoms with Gasteiger partial charge in [-0.1, -0.05) is 0 Å². The molecule has 4 rings (SSSR count). The van der Waals surface area contributed by atoms with Crippen molar-refractivity contribution in [3.05, 3.63) is 47.8 Å². The van der Waals surface area contributed by atoms with Crippen molar-refractivity contribution in [3.8, 4) is 5.75 Å². The van der Waals surface area contributed by atoms with Gasteiger partial charge >= 0.3 is 0 Å². The summed E-state index contributed by atoms with van der Waals surface area (Å²) in [5.74, 6) is -2.99. The van der Waals surface area contributed by atoms with E-state index in [1.54, 1.807) is 29.8 Å². The first-order valence-electron chi connectivity index (χ1n) is 6.89. The highest BCUT2D eigenvalue weighted by atomic mass is 19.2. The number of H-pyrrole nitrogens is 1. The number of nitrogens with zero attached hydrogens (tertiary/aromatic N) is 3. The van der Waals surface area contributed by atoms with Crippen molar-refractivity contribution in [1.82, 2.24) is 19.6 Å². The van der Waals surface area contributed by atoms with Crippen molar-refractivity contribution in [2.24, 2.45) is 0 Å². The summed E-state index contributed by atoms with van der Waals surface area (Å²) < 4.78 is 46.7. The van der Waals surface area contributed by atoms with Crippen LogP contribution in [0, 0.1) is 17.5 Å². The maximum absolute atomic E-state index is 13.7. The predicted molar refractivity (Wildman–Crippen MR) is 81.0 cm³/mol. The van der Waals surface area contributed by atoms with Crippen LogP contribution in [0.25, 0.3) is 16.8 Å². The molecule has 0 saturated heterocycles. The van der Waals surface area contributed by atoms with Crippen LogP contribution >= 0.6 is 0 Å². The molecule has 0 unspecified atom stereocenters. The summed E-state index contributed by atoms with van der Waals surface area (Å²) in [6.45, 7) is 0. The van der Waals surface area contributed by atoms with E-state index < -0.39 is 17.5 Å². The summed E-state index contributed by atoms with van der Waals surface area (Å²) in [5.41, 5.74) is 1.16. The monoisotopic (exact) mass is 333 g/mol. The lowest BCUT2D eigenvalue weighted by atomic mass is 10.3. The molecule has 2 aromatic carbocycles. The van der Waals surface area contributed by atoms with Gasteiger partial charge in [0.2, 0.25) is 5.95 Å². The standard InChI is InChI=1S/C15H10F3N5O/c1-24-7-2-5-11-10(6-7)20-15-21-14(22-23(11)15)19-9-4-3-8(16)12(17)13(9)18/h2-6H,1H3,(H2,19,20,21,22). The van der Waals surface area contributed by atoms with Gasteiger partial charge in [0.25, 0.3) is 5.78 Å². The third kappa shape index (κ3) is 2.13. The number of imidazole rings is 1. The van der Waals surface area contributed by atoms with Gasteiger partial charge in [0.1, 0.15) is 5.75 Å². The quantitative estimate of drug-likeness (QED) is 0.564. The molecule has 6 nitrogen and oxygen atoms in total. The second-order valence-corrected chi connectivity index (χ2v) is 5.02. The Kier molecular flexibility index (Phi) is 3.08. The molecule has 0 bridgehead atoms. The molecule has 0 aliphatic rings. The Morgan fingerprint density at radius 2 is 1.92 bits per heavy atom. The van der Waals surface area contributed by atoms with Crippen LogP contribution in [0.2, 0.25) is 0 Å². The van der Waals surface area contributed by atoms with Gasteiger partial charge in [0.15, 0.2) is 17.5 Å². The number of hydrogen-bond donors (Lipinski definition) is 2. The van der Waals surface area contributed by atoms with Gasteiger partial charge in [-0.25, -0.2) is 22.7 Å². The van der Waals surface area contributed by atoms with E-state index in [1.807, 2.05) is 0 Å². The predicted octanol–water partition coefficient (Wildman–Crippen LogP) is 3.38. The van der Waals surface area contributed by atoms with Crippen LogP contribution in [0.15, 0.2) is 30.3 Å². The van der Waals surface area contributed by atoms with E-state index >= 15 is 0 Å². The highest BCUT2D eigenvalue weighted by Crippen LogP contribution is 2.24. The molecule has 2 aromatic heterocycles. The first kappa shape index (κ1) is 14.4. The number of hydrogen-bond acceptors (Lipinski definition) is 4. The number of nitrogens with one attached hydrogen (secondary N) is 2. The second-order valence-electron chi connectivity index (χ2n) is 5.02. The van der Waals surface area contributed by atoms with Gasteiger partial charge in [-0.3, -0.25) is 5.10 Å². The van der Waals surface area contributed by atoms with Crippen LogP contribution in [0.1, 0.15) is 0 Å². The van der Waals surface area contributed by atoms with Crippen molar-refractivity contribution < 1.29 is 17.9 Å². The molecule has 122 valence electrons. The lowest BCUT2D eigenvalue weighted by Gasteiger charge is -2.05. The number of halogens is 3. The Bertz CT molecular complexity index is 1070. The van der Waals surface area contributed by atoms with E-state index in [4.69, 9.17) is 4.74 Å². The molecule has 0 atom stereocenters. The van der Waals surface area contributed by atoms with Crippen molar-refractivity contribution in [2.45, 2.75) is 0 Å². The van der Waals surface area contributed by atoms with Gasteiger partial charge in [-0.15, -0.1) is 0 Å². The molecule has 4 aromatic rings. The number of anilines is 2. The molecule has 0 aliphatic carbocycles. The molecule has 0 radical (unpaired) electrons. The fourth-order valence-corrected chi connectivity index (χ4v) is 2.40. The molecule has 9 heteroatoms. The van der Waals surface area contributed by atoms with E-state index in [1.165, 1.54) is 0 Å². The number of methoxy groups -OCH3 is 1. The highest BCUT2D eigenvalue weighted by molar-refractivity contribution is 5.81. The summed E-state index contributed by atoms with van der Waals surface area (Å²) in [6.07, 6.45) is 0. The zero-order valence-electron chi connectivity index (χ0n) is 12.3. The topological polar surface area (TPSA) is 67.2 Å². The van der Waals surface area contributed by atoms with E-state index in [2.05, 4.69) is 20.4 Å². The largest absolute Gasteiger partial charge is 0.497 e.